The minimum absolute atomic E-state index is 0.346. The number of nitrogens with one attached hydrogen (secondary N) is 1. The predicted octanol–water partition coefficient (Wildman–Crippen LogP) is 2.98. The first-order valence-electron chi connectivity index (χ1n) is 5.79. The van der Waals surface area contributed by atoms with Gasteiger partial charge in [0, 0.05) is 19.4 Å². The van der Waals surface area contributed by atoms with Gasteiger partial charge < -0.3 is 10.1 Å². The molecule has 0 spiro atoms. The van der Waals surface area contributed by atoms with E-state index < -0.39 is 5.60 Å². The van der Waals surface area contributed by atoms with Gasteiger partial charge in [0.1, 0.15) is 5.60 Å². The van der Waals surface area contributed by atoms with Crippen LogP contribution in [0.3, 0.4) is 0 Å². The van der Waals surface area contributed by atoms with E-state index in [1.54, 1.807) is 0 Å². The fourth-order valence-electron chi connectivity index (χ4n) is 2.29. The average Bonchev–Trinajstić information content (AvgIpc) is 2.29. The number of rotatable bonds is 3. The third-order valence-electron chi connectivity index (χ3n) is 2.97. The summed E-state index contributed by atoms with van der Waals surface area (Å²) in [5.74, 6) is 0. The summed E-state index contributed by atoms with van der Waals surface area (Å²) < 4.78 is 5.56. The van der Waals surface area contributed by atoms with Gasteiger partial charge in [0.2, 0.25) is 0 Å². The third-order valence-corrected chi connectivity index (χ3v) is 2.97. The first kappa shape index (κ1) is 11.7. The maximum Gasteiger partial charge on any atom is 0.408 e. The lowest BCUT2D eigenvalue weighted by molar-refractivity contribution is -0.0168. The molecule has 17 heavy (non-hydrogen) atoms. The molecule has 1 aliphatic heterocycles. The van der Waals surface area contributed by atoms with Crippen LogP contribution in [0.4, 0.5) is 4.79 Å². The number of alkyl carbamates (subject to hydrolysis) is 1. The molecule has 0 radical (unpaired) electrons. The number of benzene rings is 1. The number of amides is 1. The second-order valence-electron chi connectivity index (χ2n) is 4.56. The fourth-order valence-corrected chi connectivity index (χ4v) is 2.29. The highest BCUT2D eigenvalue weighted by Gasteiger charge is 2.38. The van der Waals surface area contributed by atoms with Crippen LogP contribution in [0.1, 0.15) is 25.3 Å². The molecule has 1 heterocycles. The van der Waals surface area contributed by atoms with Crippen molar-refractivity contribution in [2.75, 3.05) is 6.54 Å². The molecule has 3 nitrogen and oxygen atoms in total. The molecule has 1 amide bonds. The van der Waals surface area contributed by atoms with Gasteiger partial charge in [-0.25, -0.2) is 4.79 Å². The molecule has 90 valence electrons. The van der Waals surface area contributed by atoms with E-state index in [0.717, 1.165) is 17.6 Å². The average molecular weight is 231 g/mol. The molecule has 2 rings (SSSR count). The van der Waals surface area contributed by atoms with Crippen molar-refractivity contribution >= 4 is 6.09 Å². The van der Waals surface area contributed by atoms with Crippen LogP contribution in [0.2, 0.25) is 0 Å². The Morgan fingerprint density at radius 2 is 2.18 bits per heavy atom. The Hall–Kier alpha value is -1.77. The lowest BCUT2D eigenvalue weighted by atomic mass is 9.84. The summed E-state index contributed by atoms with van der Waals surface area (Å²) >= 11 is 0. The van der Waals surface area contributed by atoms with Gasteiger partial charge in [0.05, 0.1) is 0 Å². The van der Waals surface area contributed by atoms with Crippen molar-refractivity contribution in [2.45, 2.75) is 25.4 Å². The van der Waals surface area contributed by atoms with E-state index in [1.165, 1.54) is 0 Å². The van der Waals surface area contributed by atoms with Crippen LogP contribution in [0.5, 0.6) is 0 Å². The zero-order valence-corrected chi connectivity index (χ0v) is 10.0. The van der Waals surface area contributed by atoms with E-state index in [0.29, 0.717) is 13.0 Å². The van der Waals surface area contributed by atoms with Gasteiger partial charge in [-0.05, 0) is 12.5 Å². The van der Waals surface area contributed by atoms with Crippen molar-refractivity contribution in [3.8, 4) is 0 Å². The number of hydrogen-bond donors (Lipinski definition) is 1. The van der Waals surface area contributed by atoms with Crippen LogP contribution in [-0.4, -0.2) is 12.6 Å². The molecule has 1 N–H and O–H groups in total. The number of carbonyl (C=O) groups is 1. The first-order chi connectivity index (χ1) is 8.12. The monoisotopic (exact) mass is 231 g/mol. The molecule has 1 aromatic carbocycles. The van der Waals surface area contributed by atoms with Crippen LogP contribution in [0.15, 0.2) is 42.5 Å². The second kappa shape index (κ2) is 4.62. The van der Waals surface area contributed by atoms with Gasteiger partial charge in [-0.15, -0.1) is 0 Å². The number of hydrogen-bond acceptors (Lipinski definition) is 2. The smallest absolute Gasteiger partial charge is 0.408 e. The van der Waals surface area contributed by atoms with Crippen molar-refractivity contribution in [1.29, 1.82) is 0 Å². The largest absolute Gasteiger partial charge is 0.438 e. The zero-order chi connectivity index (χ0) is 12.3. The molecule has 1 atom stereocenters. The normalized spacial score (nSPS) is 23.7. The molecule has 0 aromatic heterocycles. The van der Waals surface area contributed by atoms with E-state index in [4.69, 9.17) is 4.74 Å². The van der Waals surface area contributed by atoms with E-state index in [-0.39, 0.29) is 6.09 Å². The molecular weight excluding hydrogens is 214 g/mol. The summed E-state index contributed by atoms with van der Waals surface area (Å²) in [4.78, 5) is 11.5. The number of carbonyl (C=O) groups excluding carboxylic acids is 1. The number of ether oxygens (including phenoxy) is 1. The molecule has 1 fully saturated rings. The molecule has 3 heteroatoms. The summed E-state index contributed by atoms with van der Waals surface area (Å²) in [6.45, 7) is 6.53. The quantitative estimate of drug-likeness (QED) is 0.812. The molecular formula is C14H17NO2. The molecule has 0 aliphatic carbocycles. The minimum atomic E-state index is -0.546. The van der Waals surface area contributed by atoms with Crippen molar-refractivity contribution < 1.29 is 9.53 Å². The summed E-state index contributed by atoms with van der Waals surface area (Å²) in [5.41, 5.74) is 1.51. The second-order valence-corrected chi connectivity index (χ2v) is 4.56. The SMILES string of the molecule is C=C(C)CC1(c2ccccc2)CCNC(=O)O1. The minimum Gasteiger partial charge on any atom is -0.438 e. The first-order valence-corrected chi connectivity index (χ1v) is 5.79. The van der Waals surface area contributed by atoms with Crippen molar-refractivity contribution in [1.82, 2.24) is 5.32 Å². The fraction of sp³-hybridized carbons (Fsp3) is 0.357. The molecule has 0 bridgehead atoms. The maximum absolute atomic E-state index is 11.5. The molecule has 1 unspecified atom stereocenters. The summed E-state index contributed by atoms with van der Waals surface area (Å²) in [5, 5.41) is 2.69. The number of cyclic esters (lactones) is 1. The summed E-state index contributed by atoms with van der Waals surface area (Å²) in [6.07, 6.45) is 1.10. The van der Waals surface area contributed by atoms with Crippen molar-refractivity contribution in [3.05, 3.63) is 48.0 Å². The highest BCUT2D eigenvalue weighted by Crippen LogP contribution is 2.37. The Morgan fingerprint density at radius 1 is 1.47 bits per heavy atom. The van der Waals surface area contributed by atoms with Crippen LogP contribution >= 0.6 is 0 Å². The van der Waals surface area contributed by atoms with Gasteiger partial charge in [-0.3, -0.25) is 0 Å². The summed E-state index contributed by atoms with van der Waals surface area (Å²) in [6, 6.07) is 9.89. The van der Waals surface area contributed by atoms with Crippen LogP contribution in [0.25, 0.3) is 0 Å². The molecule has 1 aromatic rings. The van der Waals surface area contributed by atoms with Gasteiger partial charge in [0.15, 0.2) is 0 Å². The molecule has 1 aliphatic rings. The van der Waals surface area contributed by atoms with Gasteiger partial charge >= 0.3 is 6.09 Å². The Labute approximate surface area is 101 Å². The van der Waals surface area contributed by atoms with E-state index >= 15 is 0 Å². The predicted molar refractivity (Wildman–Crippen MR) is 66.7 cm³/mol. The van der Waals surface area contributed by atoms with E-state index in [9.17, 15) is 4.79 Å². The topological polar surface area (TPSA) is 38.3 Å². The van der Waals surface area contributed by atoms with Crippen LogP contribution in [0, 0.1) is 0 Å². The van der Waals surface area contributed by atoms with Crippen LogP contribution < -0.4 is 5.32 Å². The van der Waals surface area contributed by atoms with E-state index in [2.05, 4.69) is 11.9 Å². The van der Waals surface area contributed by atoms with Gasteiger partial charge in [-0.1, -0.05) is 42.5 Å². The van der Waals surface area contributed by atoms with Gasteiger partial charge in [0.25, 0.3) is 0 Å². The zero-order valence-electron chi connectivity index (χ0n) is 10.0. The third kappa shape index (κ3) is 2.49. The van der Waals surface area contributed by atoms with Crippen molar-refractivity contribution in [3.63, 3.8) is 0 Å². The highest BCUT2D eigenvalue weighted by atomic mass is 16.6. The highest BCUT2D eigenvalue weighted by molar-refractivity contribution is 5.69. The Bertz CT molecular complexity index is 423. The lowest BCUT2D eigenvalue weighted by Crippen LogP contribution is -2.45. The van der Waals surface area contributed by atoms with Crippen LogP contribution in [-0.2, 0) is 10.3 Å². The van der Waals surface area contributed by atoms with E-state index in [1.807, 2.05) is 37.3 Å². The lowest BCUT2D eigenvalue weighted by Gasteiger charge is -2.37. The van der Waals surface area contributed by atoms with Crippen molar-refractivity contribution in [2.24, 2.45) is 0 Å². The Balaban J connectivity index is 2.36. The Morgan fingerprint density at radius 3 is 2.76 bits per heavy atom. The molecule has 1 saturated heterocycles. The Kier molecular flexibility index (Phi) is 3.18. The van der Waals surface area contributed by atoms with Gasteiger partial charge in [-0.2, -0.15) is 0 Å². The molecule has 0 saturated carbocycles. The standard InChI is InChI=1S/C14H17NO2/c1-11(2)10-14(8-9-15-13(16)17-14)12-6-4-3-5-7-12/h3-7H,1,8-10H2,2H3,(H,15,16). The maximum atomic E-state index is 11.5. The summed E-state index contributed by atoms with van der Waals surface area (Å²) in [7, 11) is 0.